The molecule has 6 heteroatoms. The lowest BCUT2D eigenvalue weighted by atomic mass is 10.1. The van der Waals surface area contributed by atoms with Crippen molar-refractivity contribution in [1.82, 2.24) is 9.80 Å². The number of amidine groups is 1. The predicted molar refractivity (Wildman–Crippen MR) is 85.9 cm³/mol. The first-order chi connectivity index (χ1) is 10.0. The number of nitrogens with zero attached hydrogens (tertiary/aromatic N) is 3. The number of rotatable bonds is 4. The van der Waals surface area contributed by atoms with Gasteiger partial charge in [-0.3, -0.25) is 9.80 Å². The van der Waals surface area contributed by atoms with Crippen molar-refractivity contribution < 1.29 is 5.21 Å². The molecule has 1 aromatic carbocycles. The molecule has 2 rings (SSSR count). The first-order valence-corrected chi connectivity index (χ1v) is 7.65. The van der Waals surface area contributed by atoms with Gasteiger partial charge in [-0.2, -0.15) is 0 Å². The van der Waals surface area contributed by atoms with Crippen LogP contribution in [0.25, 0.3) is 0 Å². The van der Waals surface area contributed by atoms with E-state index in [9.17, 15) is 0 Å². The molecule has 1 atom stereocenters. The maximum Gasteiger partial charge on any atom is 0.170 e. The van der Waals surface area contributed by atoms with Gasteiger partial charge in [0, 0.05) is 42.8 Å². The van der Waals surface area contributed by atoms with Crippen LogP contribution in [0.4, 0.5) is 0 Å². The van der Waals surface area contributed by atoms with Crippen molar-refractivity contribution in [1.29, 1.82) is 0 Å². The Hall–Kier alpha value is -1.30. The minimum absolute atomic E-state index is 0.0774. The van der Waals surface area contributed by atoms with Crippen molar-refractivity contribution in [3.8, 4) is 0 Å². The van der Waals surface area contributed by atoms with Gasteiger partial charge in [0.15, 0.2) is 5.84 Å². The van der Waals surface area contributed by atoms with Crippen molar-refractivity contribution >= 4 is 17.4 Å². The summed E-state index contributed by atoms with van der Waals surface area (Å²) in [5.74, 6) is 0.0774. The zero-order chi connectivity index (χ0) is 15.4. The minimum Gasteiger partial charge on any atom is -0.409 e. The standard InChI is InChI=1S/C15H23ClN4O/c1-3-20-7-6-19(9-11(20)2)10-13-5-4-12(8-14(13)16)15(17)18-21/h4-5,8,11,21H,3,6-7,9-10H2,1-2H3,(H2,17,18). The van der Waals surface area contributed by atoms with Crippen LogP contribution in [0.2, 0.25) is 5.02 Å². The maximum atomic E-state index is 8.69. The Bertz CT molecular complexity index is 520. The van der Waals surface area contributed by atoms with Crippen LogP contribution in [0.1, 0.15) is 25.0 Å². The number of oxime groups is 1. The van der Waals surface area contributed by atoms with Crippen molar-refractivity contribution in [3.05, 3.63) is 34.3 Å². The second-order valence-corrected chi connectivity index (χ2v) is 5.91. The molecular formula is C15H23ClN4O. The van der Waals surface area contributed by atoms with Crippen molar-refractivity contribution in [3.63, 3.8) is 0 Å². The highest BCUT2D eigenvalue weighted by Gasteiger charge is 2.22. The Balaban J connectivity index is 2.04. The molecule has 0 radical (unpaired) electrons. The molecule has 0 aromatic heterocycles. The minimum atomic E-state index is 0.0774. The van der Waals surface area contributed by atoms with Crippen LogP contribution in [0.15, 0.2) is 23.4 Å². The smallest absolute Gasteiger partial charge is 0.170 e. The van der Waals surface area contributed by atoms with Crippen LogP contribution >= 0.6 is 11.6 Å². The Morgan fingerprint density at radius 3 is 2.81 bits per heavy atom. The zero-order valence-corrected chi connectivity index (χ0v) is 13.3. The topological polar surface area (TPSA) is 65.1 Å². The van der Waals surface area contributed by atoms with Gasteiger partial charge >= 0.3 is 0 Å². The number of hydrogen-bond acceptors (Lipinski definition) is 4. The van der Waals surface area contributed by atoms with E-state index in [1.807, 2.05) is 12.1 Å². The quantitative estimate of drug-likeness (QED) is 0.386. The monoisotopic (exact) mass is 310 g/mol. The van der Waals surface area contributed by atoms with E-state index in [-0.39, 0.29) is 5.84 Å². The van der Waals surface area contributed by atoms with Gasteiger partial charge in [0.25, 0.3) is 0 Å². The highest BCUT2D eigenvalue weighted by atomic mass is 35.5. The summed E-state index contributed by atoms with van der Waals surface area (Å²) in [5, 5.41) is 12.3. The SMILES string of the molecule is CCN1CCN(Cc2ccc(/C(N)=N/O)cc2Cl)CC1C. The van der Waals surface area contributed by atoms with Gasteiger partial charge in [0.2, 0.25) is 0 Å². The largest absolute Gasteiger partial charge is 0.409 e. The van der Waals surface area contributed by atoms with E-state index in [4.69, 9.17) is 22.5 Å². The fraction of sp³-hybridized carbons (Fsp3) is 0.533. The van der Waals surface area contributed by atoms with Crippen LogP contribution in [-0.2, 0) is 6.54 Å². The number of likely N-dealkylation sites (N-methyl/N-ethyl adjacent to an activating group) is 1. The highest BCUT2D eigenvalue weighted by molar-refractivity contribution is 6.31. The van der Waals surface area contributed by atoms with Gasteiger partial charge in [-0.05, 0) is 25.1 Å². The van der Waals surface area contributed by atoms with Crippen LogP contribution in [0, 0.1) is 0 Å². The van der Waals surface area contributed by atoms with E-state index in [0.29, 0.717) is 16.6 Å². The summed E-state index contributed by atoms with van der Waals surface area (Å²) in [4.78, 5) is 4.90. The lowest BCUT2D eigenvalue weighted by molar-refractivity contribution is 0.0835. The van der Waals surface area contributed by atoms with E-state index in [1.54, 1.807) is 6.07 Å². The molecule has 1 fully saturated rings. The van der Waals surface area contributed by atoms with Gasteiger partial charge in [0.1, 0.15) is 0 Å². The van der Waals surface area contributed by atoms with Crippen LogP contribution < -0.4 is 5.73 Å². The van der Waals surface area contributed by atoms with E-state index in [1.165, 1.54) is 0 Å². The van der Waals surface area contributed by atoms with E-state index in [2.05, 4.69) is 28.8 Å². The van der Waals surface area contributed by atoms with Crippen molar-refractivity contribution in [2.24, 2.45) is 10.9 Å². The summed E-state index contributed by atoms with van der Waals surface area (Å²) in [6.07, 6.45) is 0. The summed E-state index contributed by atoms with van der Waals surface area (Å²) < 4.78 is 0. The third kappa shape index (κ3) is 3.87. The lowest BCUT2D eigenvalue weighted by Crippen LogP contribution is -2.51. The molecule has 1 aliphatic rings. The second-order valence-electron chi connectivity index (χ2n) is 5.50. The Morgan fingerprint density at radius 1 is 1.48 bits per heavy atom. The van der Waals surface area contributed by atoms with E-state index in [0.717, 1.165) is 38.3 Å². The maximum absolute atomic E-state index is 8.69. The fourth-order valence-corrected chi connectivity index (χ4v) is 3.06. The second kappa shape index (κ2) is 7.11. The molecule has 0 amide bonds. The molecule has 0 bridgehead atoms. The molecule has 0 spiro atoms. The summed E-state index contributed by atoms with van der Waals surface area (Å²) in [6, 6.07) is 6.10. The molecule has 1 unspecified atom stereocenters. The molecule has 0 aliphatic carbocycles. The van der Waals surface area contributed by atoms with E-state index >= 15 is 0 Å². The molecule has 1 saturated heterocycles. The zero-order valence-electron chi connectivity index (χ0n) is 12.6. The third-order valence-corrected chi connectivity index (χ3v) is 4.46. The molecule has 116 valence electrons. The molecule has 21 heavy (non-hydrogen) atoms. The Labute approximate surface area is 131 Å². The van der Waals surface area contributed by atoms with Crippen LogP contribution in [-0.4, -0.2) is 53.1 Å². The normalized spacial score (nSPS) is 21.7. The average Bonchev–Trinajstić information content (AvgIpc) is 2.48. The number of halogens is 1. The van der Waals surface area contributed by atoms with Gasteiger partial charge in [-0.25, -0.2) is 0 Å². The number of hydrogen-bond donors (Lipinski definition) is 2. The van der Waals surface area contributed by atoms with Crippen LogP contribution in [0.3, 0.4) is 0 Å². The van der Waals surface area contributed by atoms with Gasteiger partial charge < -0.3 is 10.9 Å². The molecule has 0 saturated carbocycles. The molecule has 1 aromatic rings. The van der Waals surface area contributed by atoms with Gasteiger partial charge in [0.05, 0.1) is 0 Å². The first kappa shape index (κ1) is 16.1. The molecule has 1 aliphatic heterocycles. The Morgan fingerprint density at radius 2 is 2.24 bits per heavy atom. The number of benzene rings is 1. The Kier molecular flexibility index (Phi) is 5.45. The third-order valence-electron chi connectivity index (χ3n) is 4.11. The van der Waals surface area contributed by atoms with Gasteiger partial charge in [-0.1, -0.05) is 35.8 Å². The number of piperazine rings is 1. The summed E-state index contributed by atoms with van der Waals surface area (Å²) in [6.45, 7) is 9.59. The van der Waals surface area contributed by atoms with Crippen molar-refractivity contribution in [2.75, 3.05) is 26.2 Å². The van der Waals surface area contributed by atoms with E-state index < -0.39 is 0 Å². The van der Waals surface area contributed by atoms with Crippen molar-refractivity contribution in [2.45, 2.75) is 26.4 Å². The molecular weight excluding hydrogens is 288 g/mol. The fourth-order valence-electron chi connectivity index (χ4n) is 2.82. The molecule has 3 N–H and O–H groups in total. The predicted octanol–water partition coefficient (Wildman–Crippen LogP) is 1.96. The summed E-state index contributed by atoms with van der Waals surface area (Å²) in [5.41, 5.74) is 7.28. The molecule has 5 nitrogen and oxygen atoms in total. The average molecular weight is 311 g/mol. The lowest BCUT2D eigenvalue weighted by Gasteiger charge is -2.39. The van der Waals surface area contributed by atoms with Crippen LogP contribution in [0.5, 0.6) is 0 Å². The molecule has 1 heterocycles. The summed E-state index contributed by atoms with van der Waals surface area (Å²) in [7, 11) is 0. The first-order valence-electron chi connectivity index (χ1n) is 7.27. The van der Waals surface area contributed by atoms with Gasteiger partial charge in [-0.15, -0.1) is 0 Å². The summed E-state index contributed by atoms with van der Waals surface area (Å²) >= 11 is 6.31. The highest BCUT2D eigenvalue weighted by Crippen LogP contribution is 2.21. The number of nitrogens with two attached hydrogens (primary N) is 1.